The van der Waals surface area contributed by atoms with Crippen molar-refractivity contribution in [3.05, 3.63) is 42.1 Å². The second-order valence-electron chi connectivity index (χ2n) is 6.23. The zero-order valence-corrected chi connectivity index (χ0v) is 16.5. The highest BCUT2D eigenvalue weighted by atomic mass is 19.2. The Hall–Kier alpha value is -3.27. The monoisotopic (exact) mass is 421 g/mol. The van der Waals surface area contributed by atoms with E-state index in [4.69, 9.17) is 14.6 Å². The molecule has 160 valence electrons. The van der Waals surface area contributed by atoms with E-state index in [1.54, 1.807) is 0 Å². The number of carbonyl (C=O) groups is 2. The fourth-order valence-corrected chi connectivity index (χ4v) is 3.09. The number of hydrogen-bond acceptors (Lipinski definition) is 6. The van der Waals surface area contributed by atoms with Crippen molar-refractivity contribution in [2.75, 3.05) is 36.1 Å². The van der Waals surface area contributed by atoms with Gasteiger partial charge < -0.3 is 14.6 Å². The van der Waals surface area contributed by atoms with Gasteiger partial charge in [-0.3, -0.25) is 9.80 Å². The average molecular weight is 421 g/mol. The lowest BCUT2D eigenvalue weighted by Gasteiger charge is -2.16. The molecule has 2 aromatic rings. The van der Waals surface area contributed by atoms with Crippen molar-refractivity contribution in [3.8, 4) is 11.1 Å². The van der Waals surface area contributed by atoms with Gasteiger partial charge in [0.15, 0.2) is 11.6 Å². The van der Waals surface area contributed by atoms with Crippen LogP contribution in [0, 0.1) is 11.6 Å². The zero-order valence-electron chi connectivity index (χ0n) is 16.5. The van der Waals surface area contributed by atoms with Crippen molar-refractivity contribution in [2.24, 2.45) is 0 Å². The number of anilines is 2. The van der Waals surface area contributed by atoms with Crippen LogP contribution in [0.1, 0.15) is 13.8 Å². The molecule has 2 saturated heterocycles. The number of nitrogens with zero attached hydrogens (tertiary/aromatic N) is 3. The molecule has 2 fully saturated rings. The smallest absolute Gasteiger partial charge is 0.415 e. The number of halogens is 2. The van der Waals surface area contributed by atoms with Gasteiger partial charge in [-0.25, -0.2) is 23.4 Å². The first-order valence-electron chi connectivity index (χ1n) is 9.47. The number of hydrogen-bond donors (Lipinski definition) is 1. The van der Waals surface area contributed by atoms with E-state index in [2.05, 4.69) is 4.98 Å². The molecule has 1 aromatic heterocycles. The summed E-state index contributed by atoms with van der Waals surface area (Å²) in [4.78, 5) is 29.7. The van der Waals surface area contributed by atoms with Crippen LogP contribution in [0.4, 0.5) is 29.9 Å². The molecule has 4 rings (SSSR count). The molecule has 0 bridgehead atoms. The predicted molar refractivity (Wildman–Crippen MR) is 104 cm³/mol. The molecular weight excluding hydrogens is 400 g/mol. The lowest BCUT2D eigenvalue weighted by Crippen LogP contribution is -2.26. The molecule has 10 heteroatoms. The van der Waals surface area contributed by atoms with E-state index >= 15 is 0 Å². The number of rotatable bonds is 4. The molecule has 0 saturated carbocycles. The van der Waals surface area contributed by atoms with Crippen LogP contribution in [0.15, 0.2) is 30.5 Å². The summed E-state index contributed by atoms with van der Waals surface area (Å²) in [5, 5.41) is 9.07. The summed E-state index contributed by atoms with van der Waals surface area (Å²) in [6.07, 6.45) is -0.831. The lowest BCUT2D eigenvalue weighted by atomic mass is 10.1. The topological polar surface area (TPSA) is 92.2 Å². The van der Waals surface area contributed by atoms with Crippen LogP contribution < -0.4 is 9.80 Å². The van der Waals surface area contributed by atoms with E-state index in [-0.39, 0.29) is 24.4 Å². The number of ether oxygens (including phenoxy) is 2. The van der Waals surface area contributed by atoms with E-state index in [0.717, 1.165) is 4.90 Å². The van der Waals surface area contributed by atoms with Crippen LogP contribution in [-0.4, -0.2) is 54.7 Å². The molecule has 2 aliphatic heterocycles. The number of benzene rings is 1. The van der Waals surface area contributed by atoms with Gasteiger partial charge in [-0.05, 0) is 24.3 Å². The standard InChI is InChI=1S/C18H15F2N3O5.C2H6/c19-15-12(10-1-4-14(21-7-10)22-5-6-27-17(22)25)2-3-13(16(15)20)23-8-11(9-24)28-18(23)26;1-2/h1-4,7,11,24H,5-6,8-9H2;1-2H3. The van der Waals surface area contributed by atoms with Gasteiger partial charge in [0.05, 0.1) is 25.4 Å². The SMILES string of the molecule is CC.O=C1OCCN1c1ccc(-c2ccc(N3CC(CO)OC3=O)c(F)c2F)cn1. The molecular formula is C20H21F2N3O5. The van der Waals surface area contributed by atoms with Crippen molar-refractivity contribution in [1.82, 2.24) is 4.98 Å². The molecule has 1 atom stereocenters. The number of aliphatic hydroxyl groups is 1. The first-order chi connectivity index (χ1) is 14.5. The van der Waals surface area contributed by atoms with Crippen LogP contribution in [0.5, 0.6) is 0 Å². The highest BCUT2D eigenvalue weighted by molar-refractivity contribution is 5.90. The number of aromatic nitrogens is 1. The maximum Gasteiger partial charge on any atom is 0.415 e. The summed E-state index contributed by atoms with van der Waals surface area (Å²) in [5.74, 6) is -2.01. The van der Waals surface area contributed by atoms with Gasteiger partial charge in [0, 0.05) is 17.3 Å². The molecule has 1 aromatic carbocycles. The Labute approximate surface area is 171 Å². The van der Waals surface area contributed by atoms with Gasteiger partial charge in [-0.15, -0.1) is 0 Å². The van der Waals surface area contributed by atoms with Crippen LogP contribution in [0.3, 0.4) is 0 Å². The van der Waals surface area contributed by atoms with Crippen LogP contribution in [0.2, 0.25) is 0 Å². The van der Waals surface area contributed by atoms with Crippen molar-refractivity contribution < 1.29 is 33.0 Å². The first kappa shape index (κ1) is 21.4. The molecule has 0 spiro atoms. The first-order valence-corrected chi connectivity index (χ1v) is 9.47. The largest absolute Gasteiger partial charge is 0.447 e. The third-order valence-electron chi connectivity index (χ3n) is 4.53. The van der Waals surface area contributed by atoms with Crippen LogP contribution in [-0.2, 0) is 9.47 Å². The summed E-state index contributed by atoms with van der Waals surface area (Å²) in [5.41, 5.74) is -0.0151. The van der Waals surface area contributed by atoms with Gasteiger partial charge in [-0.1, -0.05) is 13.8 Å². The predicted octanol–water partition coefficient (Wildman–Crippen LogP) is 3.33. The Morgan fingerprint density at radius 1 is 1.10 bits per heavy atom. The molecule has 30 heavy (non-hydrogen) atoms. The van der Waals surface area contributed by atoms with Crippen molar-refractivity contribution in [1.29, 1.82) is 0 Å². The number of carbonyl (C=O) groups excluding carboxylic acids is 2. The Balaban J connectivity index is 0.00000124. The van der Waals surface area contributed by atoms with Crippen LogP contribution >= 0.6 is 0 Å². The third kappa shape index (κ3) is 3.90. The van der Waals surface area contributed by atoms with Crippen molar-refractivity contribution >= 4 is 23.7 Å². The van der Waals surface area contributed by atoms with Gasteiger partial charge in [0.25, 0.3) is 0 Å². The maximum absolute atomic E-state index is 14.7. The molecule has 0 radical (unpaired) electrons. The Bertz CT molecular complexity index is 939. The Morgan fingerprint density at radius 3 is 2.43 bits per heavy atom. The Kier molecular flexibility index (Phi) is 6.46. The number of amides is 2. The fraction of sp³-hybridized carbons (Fsp3) is 0.350. The minimum atomic E-state index is -1.21. The van der Waals surface area contributed by atoms with Gasteiger partial charge in [-0.2, -0.15) is 0 Å². The summed E-state index contributed by atoms with van der Waals surface area (Å²) in [7, 11) is 0. The van der Waals surface area contributed by atoms with E-state index in [1.807, 2.05) is 13.8 Å². The van der Waals surface area contributed by atoms with Gasteiger partial charge >= 0.3 is 12.2 Å². The normalized spacial score (nSPS) is 18.1. The zero-order chi connectivity index (χ0) is 21.8. The quantitative estimate of drug-likeness (QED) is 0.814. The summed E-state index contributed by atoms with van der Waals surface area (Å²) >= 11 is 0. The van der Waals surface area contributed by atoms with Crippen molar-refractivity contribution in [2.45, 2.75) is 20.0 Å². The van der Waals surface area contributed by atoms with E-state index < -0.39 is 36.5 Å². The summed E-state index contributed by atoms with van der Waals surface area (Å²) in [6.45, 7) is 4.14. The lowest BCUT2D eigenvalue weighted by molar-refractivity contribution is 0.0963. The molecule has 2 aliphatic rings. The maximum atomic E-state index is 14.7. The molecule has 8 nitrogen and oxygen atoms in total. The highest BCUT2D eigenvalue weighted by Gasteiger charge is 2.34. The second kappa shape index (κ2) is 9.04. The number of cyclic esters (lactones) is 2. The van der Waals surface area contributed by atoms with Gasteiger partial charge in [0.2, 0.25) is 0 Å². The van der Waals surface area contributed by atoms with Gasteiger partial charge in [0.1, 0.15) is 18.5 Å². The summed E-state index contributed by atoms with van der Waals surface area (Å²) < 4.78 is 38.9. The number of pyridine rings is 1. The fourth-order valence-electron chi connectivity index (χ4n) is 3.09. The molecule has 2 amide bonds. The molecule has 1 unspecified atom stereocenters. The van der Waals surface area contributed by atoms with E-state index in [0.29, 0.717) is 17.9 Å². The third-order valence-corrected chi connectivity index (χ3v) is 4.53. The van der Waals surface area contributed by atoms with E-state index in [9.17, 15) is 18.4 Å². The summed E-state index contributed by atoms with van der Waals surface area (Å²) in [6, 6.07) is 5.61. The van der Waals surface area contributed by atoms with E-state index in [1.165, 1.54) is 35.4 Å². The number of aliphatic hydroxyl groups excluding tert-OH is 1. The molecule has 3 heterocycles. The Morgan fingerprint density at radius 2 is 1.87 bits per heavy atom. The minimum absolute atomic E-state index is 0.0458. The second-order valence-corrected chi connectivity index (χ2v) is 6.23. The molecule has 1 N–H and O–H groups in total. The average Bonchev–Trinajstić information content (AvgIpc) is 3.37. The van der Waals surface area contributed by atoms with Crippen LogP contribution in [0.25, 0.3) is 11.1 Å². The minimum Gasteiger partial charge on any atom is -0.447 e. The molecule has 0 aliphatic carbocycles. The highest BCUT2D eigenvalue weighted by Crippen LogP contribution is 2.32. The van der Waals surface area contributed by atoms with Crippen molar-refractivity contribution in [3.63, 3.8) is 0 Å².